The molecule has 0 N–H and O–H groups in total. The molecule has 0 saturated carbocycles. The lowest BCUT2D eigenvalue weighted by Crippen LogP contribution is -2.41. The van der Waals surface area contributed by atoms with E-state index in [1.165, 1.54) is 11.1 Å². The van der Waals surface area contributed by atoms with Gasteiger partial charge >= 0.3 is 0 Å². The molecule has 1 atom stereocenters. The number of hydrogen-bond donors (Lipinski definition) is 0. The van der Waals surface area contributed by atoms with Crippen LogP contribution in [0.4, 0.5) is 0 Å². The molecule has 0 amide bonds. The van der Waals surface area contributed by atoms with E-state index < -0.39 is 0 Å². The maximum Gasteiger partial charge on any atom is 0.148 e. The highest BCUT2D eigenvalue weighted by atomic mass is 16.1. The molecule has 0 aromatic rings. The number of rotatable bonds is 1. The molecule has 0 fully saturated rings. The Balaban J connectivity index is 2.40. The Hall–Kier alpha value is -0.850. The third kappa shape index (κ3) is 2.22. The molecule has 0 heterocycles. The predicted octanol–water partition coefficient (Wildman–Crippen LogP) is 4.93. The van der Waals surface area contributed by atoms with Crippen LogP contribution in [-0.2, 0) is 4.79 Å². The van der Waals surface area contributed by atoms with E-state index >= 15 is 0 Å². The highest BCUT2D eigenvalue weighted by molar-refractivity contribution is 5.92. The average Bonchev–Trinajstić information content (AvgIpc) is 2.50. The largest absolute Gasteiger partial charge is 0.298 e. The van der Waals surface area contributed by atoms with E-state index in [0.29, 0.717) is 11.7 Å². The highest BCUT2D eigenvalue weighted by Crippen LogP contribution is 2.52. The molecule has 0 spiro atoms. The lowest BCUT2D eigenvalue weighted by Gasteiger charge is -2.42. The fourth-order valence-corrected chi connectivity index (χ4v) is 4.01. The fraction of sp³-hybridized carbons (Fsp3) is 0.722. The Kier molecular flexibility index (Phi) is 3.12. The fourth-order valence-electron chi connectivity index (χ4n) is 4.01. The van der Waals surface area contributed by atoms with Gasteiger partial charge in [0, 0.05) is 10.8 Å². The Morgan fingerprint density at radius 1 is 1.11 bits per heavy atom. The van der Waals surface area contributed by atoms with Crippen molar-refractivity contribution in [3.05, 3.63) is 23.3 Å². The van der Waals surface area contributed by atoms with Crippen LogP contribution in [0, 0.1) is 22.2 Å². The smallest absolute Gasteiger partial charge is 0.148 e. The molecular formula is C18H28O. The van der Waals surface area contributed by atoms with Crippen LogP contribution >= 0.6 is 0 Å². The minimum atomic E-state index is -0.316. The number of carbonyl (C=O) groups excluding carboxylic acids is 1. The van der Waals surface area contributed by atoms with E-state index in [4.69, 9.17) is 0 Å². The van der Waals surface area contributed by atoms with Gasteiger partial charge in [-0.15, -0.1) is 0 Å². The first-order valence-electron chi connectivity index (χ1n) is 7.42. The van der Waals surface area contributed by atoms with Crippen molar-refractivity contribution in [3.63, 3.8) is 0 Å². The summed E-state index contributed by atoms with van der Waals surface area (Å²) in [4.78, 5) is 12.5. The number of Topliss-reactive ketones (excluding diaryl/α,β-unsaturated/α-hetero) is 1. The van der Waals surface area contributed by atoms with Crippen molar-refractivity contribution in [3.8, 4) is 0 Å². The SMILES string of the molecule is CC1=CC[C@@H](C2=CC(C)(C)C(=O)C(C)(C)C2)C1(C)C. The van der Waals surface area contributed by atoms with Crippen LogP contribution in [0.25, 0.3) is 0 Å². The molecule has 0 aromatic carbocycles. The first kappa shape index (κ1) is 14.6. The van der Waals surface area contributed by atoms with Crippen LogP contribution in [0.3, 0.4) is 0 Å². The summed E-state index contributed by atoms with van der Waals surface area (Å²) in [6.07, 6.45) is 6.69. The molecule has 0 aromatic heterocycles. The predicted molar refractivity (Wildman–Crippen MR) is 80.9 cm³/mol. The van der Waals surface area contributed by atoms with Gasteiger partial charge in [0.25, 0.3) is 0 Å². The summed E-state index contributed by atoms with van der Waals surface area (Å²) >= 11 is 0. The zero-order chi connectivity index (χ0) is 14.6. The number of allylic oxidation sites excluding steroid dienone is 4. The molecule has 2 aliphatic rings. The first-order valence-corrected chi connectivity index (χ1v) is 7.42. The second kappa shape index (κ2) is 4.07. The van der Waals surface area contributed by atoms with Crippen LogP contribution in [0.15, 0.2) is 23.3 Å². The molecule has 1 nitrogen and oxygen atoms in total. The monoisotopic (exact) mass is 260 g/mol. The summed E-state index contributed by atoms with van der Waals surface area (Å²) in [5, 5.41) is 0. The van der Waals surface area contributed by atoms with Crippen molar-refractivity contribution in [2.24, 2.45) is 22.2 Å². The van der Waals surface area contributed by atoms with E-state index in [1.54, 1.807) is 0 Å². The van der Waals surface area contributed by atoms with Crippen LogP contribution < -0.4 is 0 Å². The van der Waals surface area contributed by atoms with Crippen molar-refractivity contribution in [1.82, 2.24) is 0 Å². The Morgan fingerprint density at radius 3 is 2.11 bits per heavy atom. The third-order valence-corrected chi connectivity index (χ3v) is 5.39. The maximum absolute atomic E-state index is 12.5. The summed E-state index contributed by atoms with van der Waals surface area (Å²) in [6.45, 7) is 15.3. The van der Waals surface area contributed by atoms with Gasteiger partial charge in [0.2, 0.25) is 0 Å². The molecule has 2 rings (SSSR count). The Morgan fingerprint density at radius 2 is 1.68 bits per heavy atom. The zero-order valence-electron chi connectivity index (χ0n) is 13.6. The van der Waals surface area contributed by atoms with E-state index in [1.807, 2.05) is 0 Å². The van der Waals surface area contributed by atoms with Crippen molar-refractivity contribution >= 4 is 5.78 Å². The van der Waals surface area contributed by atoms with E-state index in [9.17, 15) is 4.79 Å². The van der Waals surface area contributed by atoms with Gasteiger partial charge in [-0.25, -0.2) is 0 Å². The molecule has 0 unspecified atom stereocenters. The van der Waals surface area contributed by atoms with Crippen LogP contribution in [0.1, 0.15) is 61.3 Å². The van der Waals surface area contributed by atoms with E-state index in [0.717, 1.165) is 12.8 Å². The Bertz CT molecular complexity index is 472. The molecule has 0 saturated heterocycles. The van der Waals surface area contributed by atoms with Gasteiger partial charge in [0.15, 0.2) is 0 Å². The first-order chi connectivity index (χ1) is 8.48. The minimum absolute atomic E-state index is 0.222. The van der Waals surface area contributed by atoms with E-state index in [-0.39, 0.29) is 16.2 Å². The van der Waals surface area contributed by atoms with Crippen molar-refractivity contribution in [2.75, 3.05) is 0 Å². The Labute approximate surface area is 118 Å². The average molecular weight is 260 g/mol. The molecule has 19 heavy (non-hydrogen) atoms. The third-order valence-electron chi connectivity index (χ3n) is 5.39. The molecule has 2 aliphatic carbocycles. The van der Waals surface area contributed by atoms with Crippen molar-refractivity contribution in [1.29, 1.82) is 0 Å². The van der Waals surface area contributed by atoms with Crippen LogP contribution in [-0.4, -0.2) is 5.78 Å². The number of hydrogen-bond acceptors (Lipinski definition) is 1. The molecule has 0 aliphatic heterocycles. The second-order valence-electron chi connectivity index (χ2n) is 8.23. The van der Waals surface area contributed by atoms with Crippen LogP contribution in [0.5, 0.6) is 0 Å². The lowest BCUT2D eigenvalue weighted by atomic mass is 9.61. The van der Waals surface area contributed by atoms with Gasteiger partial charge in [0.05, 0.1) is 0 Å². The van der Waals surface area contributed by atoms with Gasteiger partial charge in [-0.2, -0.15) is 0 Å². The quantitative estimate of drug-likeness (QED) is 0.611. The zero-order valence-corrected chi connectivity index (χ0v) is 13.6. The molecule has 1 heteroatoms. The molecular weight excluding hydrogens is 232 g/mol. The second-order valence-corrected chi connectivity index (χ2v) is 8.23. The van der Waals surface area contributed by atoms with Gasteiger partial charge in [-0.05, 0) is 44.9 Å². The maximum atomic E-state index is 12.5. The molecule has 106 valence electrons. The number of ketones is 1. The summed E-state index contributed by atoms with van der Waals surface area (Å²) in [6, 6.07) is 0. The topological polar surface area (TPSA) is 17.1 Å². The minimum Gasteiger partial charge on any atom is -0.298 e. The van der Waals surface area contributed by atoms with Crippen LogP contribution in [0.2, 0.25) is 0 Å². The van der Waals surface area contributed by atoms with Gasteiger partial charge in [-0.1, -0.05) is 51.0 Å². The number of carbonyl (C=O) groups is 1. The standard InChI is InChI=1S/C18H28O/c1-12-8-9-14(18(12,6)7)13-10-16(2,3)15(19)17(4,5)11-13/h8,10,14H,9,11H2,1-7H3/t14-/m0/s1. The van der Waals surface area contributed by atoms with E-state index in [2.05, 4.69) is 60.6 Å². The summed E-state index contributed by atoms with van der Waals surface area (Å²) < 4.78 is 0. The lowest BCUT2D eigenvalue weighted by molar-refractivity contribution is -0.134. The van der Waals surface area contributed by atoms with Gasteiger partial charge in [-0.3, -0.25) is 4.79 Å². The van der Waals surface area contributed by atoms with Crippen molar-refractivity contribution < 1.29 is 4.79 Å². The highest BCUT2D eigenvalue weighted by Gasteiger charge is 2.46. The summed E-state index contributed by atoms with van der Waals surface area (Å²) in [5.74, 6) is 0.948. The normalized spacial score (nSPS) is 31.9. The molecule has 0 bridgehead atoms. The summed E-state index contributed by atoms with van der Waals surface area (Å²) in [7, 11) is 0. The summed E-state index contributed by atoms with van der Waals surface area (Å²) in [5.41, 5.74) is 2.68. The van der Waals surface area contributed by atoms with Gasteiger partial charge in [0.1, 0.15) is 5.78 Å². The molecule has 0 radical (unpaired) electrons. The van der Waals surface area contributed by atoms with Gasteiger partial charge < -0.3 is 0 Å². The van der Waals surface area contributed by atoms with Crippen molar-refractivity contribution in [2.45, 2.75) is 61.3 Å².